The van der Waals surface area contributed by atoms with Crippen molar-refractivity contribution in [1.82, 2.24) is 10.2 Å². The lowest BCUT2D eigenvalue weighted by Crippen LogP contribution is -2.51. The summed E-state index contributed by atoms with van der Waals surface area (Å²) in [5, 5.41) is 3.15. The van der Waals surface area contributed by atoms with Gasteiger partial charge >= 0.3 is 6.09 Å². The van der Waals surface area contributed by atoms with E-state index in [1.165, 1.54) is 0 Å². The van der Waals surface area contributed by atoms with Crippen molar-refractivity contribution in [2.75, 3.05) is 26.2 Å². The molecular formula is C15H27N3O3. The van der Waals surface area contributed by atoms with Gasteiger partial charge in [0, 0.05) is 25.7 Å². The van der Waals surface area contributed by atoms with Gasteiger partial charge in [0.1, 0.15) is 0 Å². The van der Waals surface area contributed by atoms with E-state index in [1.54, 1.807) is 11.8 Å². The molecule has 6 nitrogen and oxygen atoms in total. The van der Waals surface area contributed by atoms with Crippen LogP contribution in [-0.4, -0.2) is 49.2 Å². The van der Waals surface area contributed by atoms with Crippen molar-refractivity contribution in [3.8, 4) is 0 Å². The van der Waals surface area contributed by atoms with Crippen molar-refractivity contribution in [1.29, 1.82) is 0 Å². The highest BCUT2D eigenvalue weighted by Crippen LogP contribution is 2.37. The first kappa shape index (κ1) is 16.1. The van der Waals surface area contributed by atoms with Crippen molar-refractivity contribution in [2.45, 2.75) is 51.5 Å². The summed E-state index contributed by atoms with van der Waals surface area (Å²) in [7, 11) is 0. The van der Waals surface area contributed by atoms with E-state index >= 15 is 0 Å². The Morgan fingerprint density at radius 3 is 2.43 bits per heavy atom. The lowest BCUT2D eigenvalue weighted by atomic mass is 9.84. The van der Waals surface area contributed by atoms with E-state index in [2.05, 4.69) is 5.32 Å². The van der Waals surface area contributed by atoms with Crippen LogP contribution in [0.3, 0.4) is 0 Å². The first-order chi connectivity index (χ1) is 10.1. The maximum absolute atomic E-state index is 12.5. The Balaban J connectivity index is 1.80. The highest BCUT2D eigenvalue weighted by atomic mass is 16.6. The quantitative estimate of drug-likeness (QED) is 0.817. The van der Waals surface area contributed by atoms with E-state index in [0.29, 0.717) is 26.2 Å². The molecule has 2 fully saturated rings. The molecule has 120 valence electrons. The highest BCUT2D eigenvalue weighted by molar-refractivity contribution is 5.83. The molecule has 2 aliphatic rings. The molecule has 0 spiro atoms. The van der Waals surface area contributed by atoms with E-state index in [-0.39, 0.29) is 23.5 Å². The minimum atomic E-state index is -0.349. The lowest BCUT2D eigenvalue weighted by Gasteiger charge is -2.34. The highest BCUT2D eigenvalue weighted by Gasteiger charge is 2.40. The number of carbonyl (C=O) groups excluding carboxylic acids is 2. The standard InChI is InChI=1S/C15H27N3O3/c1-2-21-14(20)18-9-5-12(6-10-18)17-13(19)15(11-16)7-3-4-8-15/h12H,2-11,16H2,1H3,(H,17,19). The van der Waals surface area contributed by atoms with Crippen LogP contribution < -0.4 is 11.1 Å². The first-order valence-electron chi connectivity index (χ1n) is 8.04. The van der Waals surface area contributed by atoms with E-state index in [1.807, 2.05) is 0 Å². The second-order valence-corrected chi connectivity index (χ2v) is 6.13. The summed E-state index contributed by atoms with van der Waals surface area (Å²) in [6.07, 6.45) is 5.29. The van der Waals surface area contributed by atoms with Crippen LogP contribution >= 0.6 is 0 Å². The van der Waals surface area contributed by atoms with Crippen LogP contribution in [0.1, 0.15) is 45.4 Å². The van der Waals surface area contributed by atoms with Gasteiger partial charge in [0.25, 0.3) is 0 Å². The van der Waals surface area contributed by atoms with E-state index in [9.17, 15) is 9.59 Å². The van der Waals surface area contributed by atoms with Crippen molar-refractivity contribution >= 4 is 12.0 Å². The van der Waals surface area contributed by atoms with E-state index in [0.717, 1.165) is 38.5 Å². The molecule has 1 heterocycles. The number of nitrogens with one attached hydrogen (secondary N) is 1. The molecule has 6 heteroatoms. The van der Waals surface area contributed by atoms with E-state index < -0.39 is 0 Å². The smallest absolute Gasteiger partial charge is 0.409 e. The molecule has 21 heavy (non-hydrogen) atoms. The third kappa shape index (κ3) is 3.67. The van der Waals surface area contributed by atoms with Crippen molar-refractivity contribution in [2.24, 2.45) is 11.1 Å². The SMILES string of the molecule is CCOC(=O)N1CCC(NC(=O)C2(CN)CCCC2)CC1. The lowest BCUT2D eigenvalue weighted by molar-refractivity contribution is -0.131. The van der Waals surface area contributed by atoms with Gasteiger partial charge in [-0.2, -0.15) is 0 Å². The summed E-state index contributed by atoms with van der Waals surface area (Å²) in [5.74, 6) is 0.108. The number of hydrogen-bond acceptors (Lipinski definition) is 4. The molecule has 2 amide bonds. The average Bonchev–Trinajstić information content (AvgIpc) is 2.98. The molecule has 0 atom stereocenters. The van der Waals surface area contributed by atoms with Crippen LogP contribution in [-0.2, 0) is 9.53 Å². The Morgan fingerprint density at radius 1 is 1.29 bits per heavy atom. The molecule has 0 aromatic carbocycles. The van der Waals surface area contributed by atoms with Crippen LogP contribution in [0.2, 0.25) is 0 Å². The molecule has 1 aliphatic heterocycles. The number of hydrogen-bond donors (Lipinski definition) is 2. The number of amides is 2. The van der Waals surface area contributed by atoms with Crippen LogP contribution in [0.15, 0.2) is 0 Å². The number of likely N-dealkylation sites (tertiary alicyclic amines) is 1. The number of nitrogens with two attached hydrogens (primary N) is 1. The van der Waals surface area contributed by atoms with Crippen LogP contribution in [0, 0.1) is 5.41 Å². The van der Waals surface area contributed by atoms with E-state index in [4.69, 9.17) is 10.5 Å². The molecule has 0 aromatic rings. The predicted molar refractivity (Wildman–Crippen MR) is 79.7 cm³/mol. The number of ether oxygens (including phenoxy) is 1. The Labute approximate surface area is 126 Å². The average molecular weight is 297 g/mol. The normalized spacial score (nSPS) is 22.1. The van der Waals surface area contributed by atoms with Crippen LogP contribution in [0.5, 0.6) is 0 Å². The van der Waals surface area contributed by atoms with Gasteiger partial charge < -0.3 is 20.7 Å². The van der Waals surface area contributed by atoms with Gasteiger partial charge in [0.2, 0.25) is 5.91 Å². The maximum Gasteiger partial charge on any atom is 0.409 e. The second kappa shape index (κ2) is 7.11. The minimum absolute atomic E-state index is 0.108. The number of rotatable bonds is 4. The summed E-state index contributed by atoms with van der Waals surface area (Å²) >= 11 is 0. The largest absolute Gasteiger partial charge is 0.450 e. The third-order valence-electron chi connectivity index (χ3n) is 4.79. The topological polar surface area (TPSA) is 84.7 Å². The monoisotopic (exact) mass is 297 g/mol. The maximum atomic E-state index is 12.5. The van der Waals surface area contributed by atoms with Gasteiger partial charge in [-0.1, -0.05) is 12.8 Å². The molecule has 2 rings (SSSR count). The zero-order valence-electron chi connectivity index (χ0n) is 12.9. The molecule has 0 bridgehead atoms. The summed E-state index contributed by atoms with van der Waals surface area (Å²) in [4.78, 5) is 25.8. The Morgan fingerprint density at radius 2 is 1.90 bits per heavy atom. The fourth-order valence-corrected chi connectivity index (χ4v) is 3.34. The van der Waals surface area contributed by atoms with Gasteiger partial charge in [0.05, 0.1) is 12.0 Å². The zero-order chi connectivity index (χ0) is 15.3. The molecule has 1 saturated heterocycles. The van der Waals surface area contributed by atoms with Crippen molar-refractivity contribution < 1.29 is 14.3 Å². The van der Waals surface area contributed by atoms with Crippen molar-refractivity contribution in [3.63, 3.8) is 0 Å². The fraction of sp³-hybridized carbons (Fsp3) is 0.867. The number of nitrogens with zero attached hydrogens (tertiary/aromatic N) is 1. The summed E-state index contributed by atoms with van der Waals surface area (Å²) in [5.41, 5.74) is 5.49. The molecule has 1 saturated carbocycles. The van der Waals surface area contributed by atoms with Gasteiger partial charge in [-0.05, 0) is 32.6 Å². The number of piperidine rings is 1. The molecule has 0 unspecified atom stereocenters. The summed E-state index contributed by atoms with van der Waals surface area (Å²) in [6.45, 7) is 3.91. The Bertz CT molecular complexity index is 372. The molecule has 0 radical (unpaired) electrons. The van der Waals surface area contributed by atoms with Gasteiger partial charge in [-0.25, -0.2) is 4.79 Å². The predicted octanol–water partition coefficient (Wildman–Crippen LogP) is 1.24. The van der Waals surface area contributed by atoms with Gasteiger partial charge in [-0.3, -0.25) is 4.79 Å². The first-order valence-corrected chi connectivity index (χ1v) is 8.04. The van der Waals surface area contributed by atoms with Crippen LogP contribution in [0.25, 0.3) is 0 Å². The zero-order valence-corrected chi connectivity index (χ0v) is 12.9. The molecule has 3 N–H and O–H groups in total. The second-order valence-electron chi connectivity index (χ2n) is 6.13. The van der Waals surface area contributed by atoms with Gasteiger partial charge in [0.15, 0.2) is 0 Å². The minimum Gasteiger partial charge on any atom is -0.450 e. The molecular weight excluding hydrogens is 270 g/mol. The molecule has 0 aromatic heterocycles. The number of carbonyl (C=O) groups is 2. The Kier molecular flexibility index (Phi) is 5.45. The summed E-state index contributed by atoms with van der Waals surface area (Å²) in [6, 6.07) is 0.146. The third-order valence-corrected chi connectivity index (χ3v) is 4.79. The summed E-state index contributed by atoms with van der Waals surface area (Å²) < 4.78 is 5.00. The van der Waals surface area contributed by atoms with Gasteiger partial charge in [-0.15, -0.1) is 0 Å². The Hall–Kier alpha value is -1.30. The van der Waals surface area contributed by atoms with Crippen molar-refractivity contribution in [3.05, 3.63) is 0 Å². The molecule has 1 aliphatic carbocycles. The fourth-order valence-electron chi connectivity index (χ4n) is 3.34. The van der Waals surface area contributed by atoms with Crippen LogP contribution in [0.4, 0.5) is 4.79 Å².